The molecular weight excluding hydrogens is 216 g/mol. The van der Waals surface area contributed by atoms with Gasteiger partial charge in [-0.25, -0.2) is 0 Å². The molecular formula is C16H26Mg. The molecule has 0 amide bonds. The maximum atomic E-state index is 2.30. The molecule has 0 radical (unpaired) electrons. The second-order valence-electron chi connectivity index (χ2n) is 5.06. The summed E-state index contributed by atoms with van der Waals surface area (Å²) in [6.07, 6.45) is 11.6. The number of unbranched alkanes of at least 4 members (excludes halogenated alkanes) is 7. The summed E-state index contributed by atoms with van der Waals surface area (Å²) >= 11 is 0.0410. The van der Waals surface area contributed by atoms with Crippen LogP contribution in [0.4, 0.5) is 0 Å². The maximum absolute atomic E-state index is 2.30. The van der Waals surface area contributed by atoms with Gasteiger partial charge in [0.15, 0.2) is 0 Å². The van der Waals surface area contributed by atoms with Gasteiger partial charge in [0.05, 0.1) is 0 Å². The van der Waals surface area contributed by atoms with Crippen LogP contribution in [-0.4, -0.2) is 20.4 Å². The molecule has 0 spiro atoms. The lowest BCUT2D eigenvalue weighted by atomic mass is 10.1. The van der Waals surface area contributed by atoms with Gasteiger partial charge in [-0.1, -0.05) is 88.6 Å². The smallest absolute Gasteiger partial charge is 0.174 e. The minimum Gasteiger partial charge on any atom is -0.174 e. The lowest BCUT2D eigenvalue weighted by molar-refractivity contribution is 0.585. The molecule has 0 nitrogen and oxygen atoms in total. The maximum Gasteiger partial charge on any atom is 0.408 e. The highest BCUT2D eigenvalue weighted by Crippen LogP contribution is 2.09. The van der Waals surface area contributed by atoms with Gasteiger partial charge in [-0.05, 0) is 0 Å². The molecule has 17 heavy (non-hydrogen) atoms. The van der Waals surface area contributed by atoms with Gasteiger partial charge in [0, 0.05) is 0 Å². The largest absolute Gasteiger partial charge is 0.408 e. The molecule has 0 atom stereocenters. The quantitative estimate of drug-likeness (QED) is 0.416. The van der Waals surface area contributed by atoms with E-state index in [2.05, 4.69) is 37.3 Å². The average Bonchev–Trinajstić information content (AvgIpc) is 2.38. The molecule has 1 rings (SSSR count). The molecule has 1 aromatic carbocycles. The Hall–Kier alpha value is -0.0138. The lowest BCUT2D eigenvalue weighted by Crippen LogP contribution is -2.12. The van der Waals surface area contributed by atoms with Crippen LogP contribution in [0, 0.1) is 0 Å². The highest BCUT2D eigenvalue weighted by atomic mass is 24.5. The molecule has 0 unspecified atom stereocenters. The Labute approximate surface area is 117 Å². The van der Waals surface area contributed by atoms with Crippen molar-refractivity contribution in [2.45, 2.75) is 62.8 Å². The van der Waals surface area contributed by atoms with E-state index in [-0.39, 0.29) is 20.4 Å². The van der Waals surface area contributed by atoms with E-state index in [0.29, 0.717) is 0 Å². The summed E-state index contributed by atoms with van der Waals surface area (Å²) in [5.74, 6) is 0. The molecule has 1 heteroatoms. The predicted octanol–water partition coefficient (Wildman–Crippen LogP) is 4.58. The minimum absolute atomic E-state index is 0.0410. The first-order valence-corrected chi connectivity index (χ1v) is 9.18. The summed E-state index contributed by atoms with van der Waals surface area (Å²) in [6, 6.07) is 11.1. The zero-order chi connectivity index (χ0) is 12.2. The van der Waals surface area contributed by atoms with Gasteiger partial charge in [0.2, 0.25) is 0 Å². The Morgan fingerprint density at radius 1 is 0.765 bits per heavy atom. The normalized spacial score (nSPS) is 10.2. The van der Waals surface area contributed by atoms with E-state index in [1.54, 1.807) is 3.69 Å². The van der Waals surface area contributed by atoms with Gasteiger partial charge >= 0.3 is 20.4 Å². The van der Waals surface area contributed by atoms with Crippen molar-refractivity contribution in [2.24, 2.45) is 0 Å². The Bertz CT molecular complexity index is 255. The molecule has 1 aromatic rings. The molecule has 0 aliphatic carbocycles. The van der Waals surface area contributed by atoms with Gasteiger partial charge in [-0.3, -0.25) is 0 Å². The van der Waals surface area contributed by atoms with Crippen molar-refractivity contribution in [3.05, 3.63) is 30.3 Å². The Morgan fingerprint density at radius 3 is 2.00 bits per heavy atom. The van der Waals surface area contributed by atoms with Gasteiger partial charge in [-0.2, -0.15) is 3.69 Å². The fourth-order valence-corrected chi connectivity index (χ4v) is 3.90. The topological polar surface area (TPSA) is 0 Å². The highest BCUT2D eigenvalue weighted by molar-refractivity contribution is 6.53. The molecule has 0 aliphatic rings. The van der Waals surface area contributed by atoms with E-state index in [1.807, 2.05) is 0 Å². The second-order valence-corrected chi connectivity index (χ2v) is 7.09. The van der Waals surface area contributed by atoms with Crippen molar-refractivity contribution in [1.29, 1.82) is 0 Å². The first-order chi connectivity index (χ1) is 8.43. The van der Waals surface area contributed by atoms with Gasteiger partial charge < -0.3 is 0 Å². The summed E-state index contributed by atoms with van der Waals surface area (Å²) < 4.78 is 3.13. The van der Waals surface area contributed by atoms with Crippen molar-refractivity contribution < 1.29 is 0 Å². The predicted molar refractivity (Wildman–Crippen MR) is 79.2 cm³/mol. The third-order valence-electron chi connectivity index (χ3n) is 3.41. The minimum atomic E-state index is 0.0410. The zero-order valence-corrected chi connectivity index (χ0v) is 12.9. The monoisotopic (exact) mass is 242 g/mol. The average molecular weight is 243 g/mol. The lowest BCUT2D eigenvalue weighted by Gasteiger charge is -2.01. The molecule has 0 fully saturated rings. The van der Waals surface area contributed by atoms with E-state index in [9.17, 15) is 0 Å². The van der Waals surface area contributed by atoms with E-state index < -0.39 is 0 Å². The van der Waals surface area contributed by atoms with Crippen molar-refractivity contribution in [3.63, 3.8) is 0 Å². The summed E-state index contributed by atoms with van der Waals surface area (Å²) in [7, 11) is 0. The molecule has 92 valence electrons. The third-order valence-corrected chi connectivity index (χ3v) is 5.31. The van der Waals surface area contributed by atoms with Crippen LogP contribution in [0.25, 0.3) is 0 Å². The fourth-order valence-electron chi connectivity index (χ4n) is 2.28. The first-order valence-electron chi connectivity index (χ1n) is 7.47. The summed E-state index contributed by atoms with van der Waals surface area (Å²) in [6.45, 7) is 2.29. The molecule has 0 saturated carbocycles. The number of rotatable bonds is 10. The Morgan fingerprint density at radius 2 is 1.35 bits per heavy atom. The second kappa shape index (κ2) is 11.1. The van der Waals surface area contributed by atoms with Gasteiger partial charge in [-0.15, -0.1) is 4.55 Å². The zero-order valence-electron chi connectivity index (χ0n) is 11.5. The fraction of sp³-hybridized carbons (Fsp3) is 0.625. The van der Waals surface area contributed by atoms with Crippen LogP contribution >= 0.6 is 0 Å². The molecule has 0 bridgehead atoms. The Kier molecular flexibility index (Phi) is 9.82. The van der Waals surface area contributed by atoms with Crippen LogP contribution in [0.3, 0.4) is 0 Å². The van der Waals surface area contributed by atoms with Gasteiger partial charge in [0.1, 0.15) is 0 Å². The van der Waals surface area contributed by atoms with Crippen molar-refractivity contribution in [2.75, 3.05) is 0 Å². The van der Waals surface area contributed by atoms with Crippen molar-refractivity contribution in [3.8, 4) is 0 Å². The summed E-state index contributed by atoms with van der Waals surface area (Å²) in [4.78, 5) is 0. The third kappa shape index (κ3) is 8.68. The van der Waals surface area contributed by atoms with Crippen LogP contribution < -0.4 is 3.69 Å². The Balaban J connectivity index is 1.85. The summed E-state index contributed by atoms with van der Waals surface area (Å²) in [5.41, 5.74) is 0. The number of hydrogen-bond donors (Lipinski definition) is 0. The van der Waals surface area contributed by atoms with Crippen LogP contribution in [0.2, 0.25) is 4.55 Å². The van der Waals surface area contributed by atoms with Crippen molar-refractivity contribution >= 4 is 24.1 Å². The first kappa shape index (κ1) is 15.0. The van der Waals surface area contributed by atoms with E-state index in [0.717, 1.165) is 0 Å². The molecule has 0 saturated heterocycles. The SMILES string of the molecule is CCCCCCCCC[CH2][Mg][c]1ccccc1. The standard InChI is InChI=1S/C10H21.C6H5.Mg/c1-3-5-7-9-10-8-6-4-2;1-2-4-6-5-3-1;/h1,3-10H2,2H3;1-5H;. The number of benzene rings is 1. The molecule has 0 heterocycles. The van der Waals surface area contributed by atoms with Crippen LogP contribution in [0.5, 0.6) is 0 Å². The van der Waals surface area contributed by atoms with Crippen LogP contribution in [-0.2, 0) is 0 Å². The highest BCUT2D eigenvalue weighted by Gasteiger charge is 1.98. The van der Waals surface area contributed by atoms with Gasteiger partial charge in [0.25, 0.3) is 0 Å². The van der Waals surface area contributed by atoms with E-state index >= 15 is 0 Å². The van der Waals surface area contributed by atoms with Crippen molar-refractivity contribution in [1.82, 2.24) is 0 Å². The molecule has 0 aliphatic heterocycles. The van der Waals surface area contributed by atoms with Crippen LogP contribution in [0.1, 0.15) is 58.3 Å². The molecule has 0 aromatic heterocycles. The molecule has 0 N–H and O–H groups in total. The van der Waals surface area contributed by atoms with E-state index in [1.165, 1.54) is 55.9 Å². The summed E-state index contributed by atoms with van der Waals surface area (Å²) in [5, 5.41) is 0. The van der Waals surface area contributed by atoms with Crippen LogP contribution in [0.15, 0.2) is 30.3 Å². The van der Waals surface area contributed by atoms with E-state index in [4.69, 9.17) is 0 Å². The number of hydrogen-bond acceptors (Lipinski definition) is 0.